The molecule has 0 spiro atoms. The number of carboxylic acid groups (broad SMARTS) is 1. The van der Waals surface area contributed by atoms with Gasteiger partial charge in [-0.15, -0.1) is 0 Å². The van der Waals surface area contributed by atoms with E-state index in [9.17, 15) is 9.18 Å². The monoisotopic (exact) mass is 238 g/mol. The number of hydrogen-bond acceptors (Lipinski definition) is 2. The van der Waals surface area contributed by atoms with E-state index in [-0.39, 0.29) is 11.3 Å². The second-order valence-electron chi connectivity index (χ2n) is 3.37. The number of ether oxygens (including phenoxy) is 1. The van der Waals surface area contributed by atoms with Crippen LogP contribution < -0.4 is 4.74 Å². The molecule has 0 fully saturated rings. The highest BCUT2D eigenvalue weighted by molar-refractivity contribution is 5.88. The van der Waals surface area contributed by atoms with E-state index in [2.05, 4.69) is 0 Å². The predicted octanol–water partition coefficient (Wildman–Crippen LogP) is 3.32. The minimum Gasteiger partial charge on any atom is -0.478 e. The summed E-state index contributed by atoms with van der Waals surface area (Å²) in [4.78, 5) is 10.7. The van der Waals surface area contributed by atoms with E-state index in [1.165, 1.54) is 6.07 Å². The van der Waals surface area contributed by atoms with Gasteiger partial charge in [-0.1, -0.05) is 18.2 Å². The summed E-state index contributed by atoms with van der Waals surface area (Å²) in [5, 5.41) is 8.79. The smallest absolute Gasteiger partial charge is 0.335 e. The average Bonchev–Trinajstić information content (AvgIpc) is 2.33. The number of benzene rings is 2. The Morgan fingerprint density at radius 2 is 1.82 bits per heavy atom. The Morgan fingerprint density at radius 1 is 1.12 bits per heavy atom. The van der Waals surface area contributed by atoms with Gasteiger partial charge in [0, 0.05) is 0 Å². The van der Waals surface area contributed by atoms with Crippen molar-refractivity contribution in [2.45, 2.75) is 0 Å². The van der Waals surface area contributed by atoms with Crippen molar-refractivity contribution in [2.75, 3.05) is 0 Å². The molecule has 0 amide bonds. The molecule has 2 rings (SSSR count). The Hall–Kier alpha value is -2.36. The Labute approximate surface area is 97.1 Å². The Morgan fingerprint density at radius 3 is 2.47 bits per heavy atom. The largest absolute Gasteiger partial charge is 0.478 e. The number of rotatable bonds is 3. The summed E-state index contributed by atoms with van der Waals surface area (Å²) in [6.07, 6.45) is 0. The van der Waals surface area contributed by atoms with Crippen molar-refractivity contribution in [3.63, 3.8) is 0 Å². The van der Waals surface area contributed by atoms with E-state index in [0.717, 1.165) is 12.1 Å². The highest BCUT2D eigenvalue weighted by Crippen LogP contribution is 2.25. The summed E-state index contributed by atoms with van der Waals surface area (Å²) in [6.45, 7) is 0. The molecule has 0 heterocycles. The third-order valence-electron chi connectivity index (χ3n) is 2.15. The molecule has 0 aromatic heterocycles. The van der Waals surface area contributed by atoms with E-state index >= 15 is 0 Å². The number of hydrogen-bond donors (Lipinski definition) is 1. The van der Waals surface area contributed by atoms with Crippen LogP contribution in [-0.4, -0.2) is 11.1 Å². The molecule has 0 aliphatic carbocycles. The quantitative estimate of drug-likeness (QED) is 0.892. The highest BCUT2D eigenvalue weighted by atomic mass is 19.2. The molecular formula is C13H9FO3. The number of carboxylic acids is 1. The van der Waals surface area contributed by atoms with Gasteiger partial charge in [0.05, 0.1) is 5.56 Å². The molecular weight excluding hydrogens is 229 g/mol. The van der Waals surface area contributed by atoms with Crippen LogP contribution in [0.3, 0.4) is 0 Å². The van der Waals surface area contributed by atoms with Crippen LogP contribution in [0.2, 0.25) is 0 Å². The van der Waals surface area contributed by atoms with Crippen molar-refractivity contribution in [3.05, 3.63) is 59.9 Å². The molecule has 0 atom stereocenters. The van der Waals surface area contributed by atoms with Crippen molar-refractivity contribution < 1.29 is 19.0 Å². The van der Waals surface area contributed by atoms with Crippen molar-refractivity contribution in [3.8, 4) is 11.5 Å². The lowest BCUT2D eigenvalue weighted by Gasteiger charge is -2.07. The van der Waals surface area contributed by atoms with Gasteiger partial charge in [-0.25, -0.2) is 9.18 Å². The fourth-order valence-corrected chi connectivity index (χ4v) is 1.33. The van der Waals surface area contributed by atoms with Crippen LogP contribution in [0.1, 0.15) is 10.4 Å². The fourth-order valence-electron chi connectivity index (χ4n) is 1.33. The molecule has 0 unspecified atom stereocenters. The number of aromatic carboxylic acids is 1. The molecule has 0 saturated carbocycles. The first-order valence-electron chi connectivity index (χ1n) is 4.92. The van der Waals surface area contributed by atoms with Gasteiger partial charge >= 0.3 is 5.97 Å². The first-order valence-corrected chi connectivity index (χ1v) is 4.92. The van der Waals surface area contributed by atoms with E-state index in [1.54, 1.807) is 30.3 Å². The van der Waals surface area contributed by atoms with Crippen molar-refractivity contribution >= 4 is 5.97 Å². The average molecular weight is 238 g/mol. The topological polar surface area (TPSA) is 46.5 Å². The Kier molecular flexibility index (Phi) is 3.05. The molecule has 2 aromatic rings. The molecule has 0 saturated heterocycles. The van der Waals surface area contributed by atoms with Crippen molar-refractivity contribution in [1.29, 1.82) is 0 Å². The normalized spacial score (nSPS) is 9.94. The summed E-state index contributed by atoms with van der Waals surface area (Å²) in [6, 6.07) is 12.0. The summed E-state index contributed by atoms with van der Waals surface area (Å²) in [5.41, 5.74) is -0.0164. The van der Waals surface area contributed by atoms with Gasteiger partial charge in [0.25, 0.3) is 0 Å². The second kappa shape index (κ2) is 4.65. The van der Waals surface area contributed by atoms with Gasteiger partial charge in [-0.3, -0.25) is 0 Å². The van der Waals surface area contributed by atoms with Crippen LogP contribution in [0.5, 0.6) is 11.5 Å². The Bertz CT molecular complexity index is 538. The summed E-state index contributed by atoms with van der Waals surface area (Å²) < 4.78 is 18.7. The van der Waals surface area contributed by atoms with Gasteiger partial charge in [0.15, 0.2) is 11.6 Å². The minimum absolute atomic E-state index is 0.0164. The van der Waals surface area contributed by atoms with Gasteiger partial charge in [0.1, 0.15) is 5.75 Å². The molecule has 0 radical (unpaired) electrons. The van der Waals surface area contributed by atoms with Crippen LogP contribution in [0, 0.1) is 5.82 Å². The van der Waals surface area contributed by atoms with E-state index in [4.69, 9.17) is 9.84 Å². The van der Waals surface area contributed by atoms with Crippen LogP contribution in [-0.2, 0) is 0 Å². The number of para-hydroxylation sites is 1. The second-order valence-corrected chi connectivity index (χ2v) is 3.37. The molecule has 0 aliphatic heterocycles. The zero-order valence-corrected chi connectivity index (χ0v) is 8.76. The molecule has 3 nitrogen and oxygen atoms in total. The predicted molar refractivity (Wildman–Crippen MR) is 59.9 cm³/mol. The van der Waals surface area contributed by atoms with Crippen LogP contribution >= 0.6 is 0 Å². The van der Waals surface area contributed by atoms with Gasteiger partial charge in [-0.2, -0.15) is 0 Å². The molecule has 86 valence electrons. The van der Waals surface area contributed by atoms with Gasteiger partial charge < -0.3 is 9.84 Å². The zero-order chi connectivity index (χ0) is 12.3. The van der Waals surface area contributed by atoms with Crippen LogP contribution in [0.25, 0.3) is 0 Å². The van der Waals surface area contributed by atoms with Crippen LogP contribution in [0.15, 0.2) is 48.5 Å². The van der Waals surface area contributed by atoms with Crippen LogP contribution in [0.4, 0.5) is 4.39 Å². The lowest BCUT2D eigenvalue weighted by Crippen LogP contribution is -1.98. The Balaban J connectivity index is 2.32. The lowest BCUT2D eigenvalue weighted by atomic mass is 10.3. The summed E-state index contributed by atoms with van der Waals surface area (Å²) in [7, 11) is 0. The van der Waals surface area contributed by atoms with Crippen molar-refractivity contribution in [2.24, 2.45) is 0 Å². The molecule has 17 heavy (non-hydrogen) atoms. The maximum atomic E-state index is 13.4. The SMILES string of the molecule is O=C(O)[13c]1[13cH][13cH][13c](F)[13c](Oc2ccccc2)[13cH]1. The number of carbonyl (C=O) groups is 1. The highest BCUT2D eigenvalue weighted by Gasteiger charge is 2.09. The minimum atomic E-state index is -1.12. The first-order chi connectivity index (χ1) is 8.16. The third kappa shape index (κ3) is 2.60. The standard InChI is InChI=1S/C13H9FO3/c14-11-7-6-9(13(15)16)8-12(11)17-10-4-2-1-3-5-10/h1-8H,(H,15,16)/i6+1,7+1,8+1,9+1,11+1,12+1. The maximum Gasteiger partial charge on any atom is 0.335 e. The van der Waals surface area contributed by atoms with E-state index in [1.807, 2.05) is 0 Å². The fraction of sp³-hybridized carbons (Fsp3) is 0. The molecule has 1 N–H and O–H groups in total. The third-order valence-corrected chi connectivity index (χ3v) is 2.15. The summed E-state index contributed by atoms with van der Waals surface area (Å²) in [5.74, 6) is -1.37. The van der Waals surface area contributed by atoms with Crippen molar-refractivity contribution in [1.82, 2.24) is 0 Å². The molecule has 2 aromatic carbocycles. The molecule has 0 aliphatic rings. The number of halogens is 1. The van der Waals surface area contributed by atoms with Gasteiger partial charge in [0.2, 0.25) is 0 Å². The van der Waals surface area contributed by atoms with E-state index in [0.29, 0.717) is 5.75 Å². The molecule has 4 heteroatoms. The zero-order valence-electron chi connectivity index (χ0n) is 8.76. The lowest BCUT2D eigenvalue weighted by molar-refractivity contribution is 0.0696. The van der Waals surface area contributed by atoms with E-state index < -0.39 is 11.8 Å². The van der Waals surface area contributed by atoms with Gasteiger partial charge in [-0.05, 0) is 30.3 Å². The maximum absolute atomic E-state index is 13.4. The first kappa shape index (κ1) is 11.1. The molecule has 0 bridgehead atoms. The summed E-state index contributed by atoms with van der Waals surface area (Å²) >= 11 is 0.